The SMILES string of the molecule is COC(=O)CC(c1ccccc1)C(C#N)C(OC)OC. The standard InChI is InChI=1S/C15H19NO4/c1-18-14(17)9-12(11-7-5-4-6-8-11)13(10-16)15(19-2)20-3/h4-8,12-13,15H,9H2,1-3H3. The Labute approximate surface area is 119 Å². The number of hydrogen-bond acceptors (Lipinski definition) is 5. The van der Waals surface area contributed by atoms with Crippen LogP contribution in [0.4, 0.5) is 0 Å². The Hall–Kier alpha value is -1.90. The molecule has 108 valence electrons. The molecule has 0 N–H and O–H groups in total. The molecule has 0 saturated carbocycles. The van der Waals surface area contributed by atoms with E-state index in [1.165, 1.54) is 21.3 Å². The van der Waals surface area contributed by atoms with Crippen LogP contribution in [0.1, 0.15) is 17.9 Å². The molecule has 0 amide bonds. The van der Waals surface area contributed by atoms with E-state index in [1.807, 2.05) is 30.3 Å². The van der Waals surface area contributed by atoms with Crippen LogP contribution in [0.3, 0.4) is 0 Å². The number of methoxy groups -OCH3 is 3. The molecule has 0 spiro atoms. The van der Waals surface area contributed by atoms with Gasteiger partial charge in [-0.15, -0.1) is 0 Å². The fraction of sp³-hybridized carbons (Fsp3) is 0.467. The Morgan fingerprint density at radius 3 is 2.25 bits per heavy atom. The van der Waals surface area contributed by atoms with Crippen LogP contribution in [0.15, 0.2) is 30.3 Å². The average Bonchev–Trinajstić information content (AvgIpc) is 2.51. The lowest BCUT2D eigenvalue weighted by Crippen LogP contribution is -2.30. The first kappa shape index (κ1) is 16.2. The Kier molecular flexibility index (Phi) is 6.71. The molecule has 20 heavy (non-hydrogen) atoms. The van der Waals surface area contributed by atoms with Gasteiger partial charge in [0.25, 0.3) is 0 Å². The molecule has 2 atom stereocenters. The Morgan fingerprint density at radius 1 is 1.20 bits per heavy atom. The van der Waals surface area contributed by atoms with Crippen molar-refractivity contribution in [1.82, 2.24) is 0 Å². The fourth-order valence-corrected chi connectivity index (χ4v) is 2.15. The smallest absolute Gasteiger partial charge is 0.306 e. The molecule has 5 nitrogen and oxygen atoms in total. The van der Waals surface area contributed by atoms with Gasteiger partial charge < -0.3 is 14.2 Å². The number of rotatable bonds is 7. The molecule has 2 unspecified atom stereocenters. The number of carbonyl (C=O) groups excluding carboxylic acids is 1. The Balaban J connectivity index is 3.09. The van der Waals surface area contributed by atoms with E-state index in [4.69, 9.17) is 14.2 Å². The maximum atomic E-state index is 11.6. The second kappa shape index (κ2) is 8.31. The molecule has 1 rings (SSSR count). The van der Waals surface area contributed by atoms with Gasteiger partial charge in [-0.2, -0.15) is 5.26 Å². The lowest BCUT2D eigenvalue weighted by atomic mass is 9.84. The summed E-state index contributed by atoms with van der Waals surface area (Å²) in [5, 5.41) is 9.41. The summed E-state index contributed by atoms with van der Waals surface area (Å²) in [6, 6.07) is 11.5. The minimum atomic E-state index is -0.699. The molecule has 0 fully saturated rings. The summed E-state index contributed by atoms with van der Waals surface area (Å²) >= 11 is 0. The third-order valence-corrected chi connectivity index (χ3v) is 3.18. The van der Waals surface area contributed by atoms with Gasteiger partial charge in [-0.25, -0.2) is 0 Å². The van der Waals surface area contributed by atoms with E-state index in [-0.39, 0.29) is 18.3 Å². The third-order valence-electron chi connectivity index (χ3n) is 3.18. The van der Waals surface area contributed by atoms with Gasteiger partial charge in [0, 0.05) is 20.1 Å². The molecular formula is C15H19NO4. The van der Waals surface area contributed by atoms with Gasteiger partial charge in [0.1, 0.15) is 5.92 Å². The Morgan fingerprint density at radius 2 is 1.80 bits per heavy atom. The third kappa shape index (κ3) is 4.05. The van der Waals surface area contributed by atoms with E-state index in [9.17, 15) is 10.1 Å². The van der Waals surface area contributed by atoms with Crippen molar-refractivity contribution in [3.8, 4) is 6.07 Å². The number of ether oxygens (including phenoxy) is 3. The molecule has 5 heteroatoms. The molecule has 0 radical (unpaired) electrons. The number of benzene rings is 1. The van der Waals surface area contributed by atoms with Crippen molar-refractivity contribution in [1.29, 1.82) is 5.26 Å². The highest BCUT2D eigenvalue weighted by Gasteiger charge is 2.33. The van der Waals surface area contributed by atoms with Gasteiger partial charge in [-0.3, -0.25) is 4.79 Å². The van der Waals surface area contributed by atoms with Crippen LogP contribution < -0.4 is 0 Å². The highest BCUT2D eigenvalue weighted by Crippen LogP contribution is 2.31. The van der Waals surface area contributed by atoms with Crippen molar-refractivity contribution >= 4 is 5.97 Å². The first-order chi connectivity index (χ1) is 9.67. The van der Waals surface area contributed by atoms with Crippen molar-refractivity contribution in [3.63, 3.8) is 0 Å². The highest BCUT2D eigenvalue weighted by molar-refractivity contribution is 5.70. The van der Waals surface area contributed by atoms with Gasteiger partial charge in [-0.05, 0) is 5.56 Å². The molecule has 0 aromatic heterocycles. The quantitative estimate of drug-likeness (QED) is 0.564. The van der Waals surface area contributed by atoms with E-state index in [2.05, 4.69) is 6.07 Å². The molecule has 0 aliphatic heterocycles. The van der Waals surface area contributed by atoms with Crippen LogP contribution in [0.5, 0.6) is 0 Å². The maximum Gasteiger partial charge on any atom is 0.306 e. The topological polar surface area (TPSA) is 68.6 Å². The number of carbonyl (C=O) groups is 1. The normalized spacial score (nSPS) is 13.6. The number of hydrogen-bond donors (Lipinski definition) is 0. The zero-order valence-corrected chi connectivity index (χ0v) is 11.9. The maximum absolute atomic E-state index is 11.6. The summed E-state index contributed by atoms with van der Waals surface area (Å²) in [5.74, 6) is -1.32. The first-order valence-corrected chi connectivity index (χ1v) is 6.24. The van der Waals surface area contributed by atoms with E-state index in [0.717, 1.165) is 5.56 Å². The predicted octanol–water partition coefficient (Wildman–Crippen LogP) is 2.09. The molecule has 1 aromatic rings. The van der Waals surface area contributed by atoms with Crippen LogP contribution in [0, 0.1) is 17.2 Å². The molecule has 1 aromatic carbocycles. The van der Waals surface area contributed by atoms with Gasteiger partial charge >= 0.3 is 5.97 Å². The summed E-state index contributed by atoms with van der Waals surface area (Å²) in [6.45, 7) is 0. The predicted molar refractivity (Wildman–Crippen MR) is 72.7 cm³/mol. The van der Waals surface area contributed by atoms with Crippen molar-refractivity contribution in [2.45, 2.75) is 18.6 Å². The molecule has 0 aliphatic carbocycles. The van der Waals surface area contributed by atoms with Crippen molar-refractivity contribution < 1.29 is 19.0 Å². The molecule has 0 heterocycles. The second-order valence-corrected chi connectivity index (χ2v) is 4.29. The summed E-state index contributed by atoms with van der Waals surface area (Å²) < 4.78 is 15.1. The fourth-order valence-electron chi connectivity index (χ4n) is 2.15. The van der Waals surface area contributed by atoms with Gasteiger partial charge in [0.15, 0.2) is 6.29 Å². The molecule has 0 saturated heterocycles. The summed E-state index contributed by atoms with van der Waals surface area (Å²) in [4.78, 5) is 11.6. The van der Waals surface area contributed by atoms with E-state index < -0.39 is 12.2 Å². The minimum absolute atomic E-state index is 0.0992. The van der Waals surface area contributed by atoms with Crippen molar-refractivity contribution in [2.24, 2.45) is 5.92 Å². The van der Waals surface area contributed by atoms with Crippen LogP contribution in [0.25, 0.3) is 0 Å². The zero-order valence-electron chi connectivity index (χ0n) is 11.9. The van der Waals surface area contributed by atoms with Gasteiger partial charge in [-0.1, -0.05) is 30.3 Å². The van der Waals surface area contributed by atoms with Crippen molar-refractivity contribution in [2.75, 3.05) is 21.3 Å². The van der Waals surface area contributed by atoms with Crippen LogP contribution in [-0.4, -0.2) is 33.6 Å². The Bertz CT molecular complexity index is 451. The largest absolute Gasteiger partial charge is 0.469 e. The summed E-state index contributed by atoms with van der Waals surface area (Å²) in [7, 11) is 4.27. The molecule has 0 aliphatic rings. The summed E-state index contributed by atoms with van der Waals surface area (Å²) in [5.41, 5.74) is 0.878. The second-order valence-electron chi connectivity index (χ2n) is 4.29. The minimum Gasteiger partial charge on any atom is -0.469 e. The average molecular weight is 277 g/mol. The number of nitriles is 1. The van der Waals surface area contributed by atoms with E-state index in [1.54, 1.807) is 0 Å². The van der Waals surface area contributed by atoms with Crippen LogP contribution in [-0.2, 0) is 19.0 Å². The lowest BCUT2D eigenvalue weighted by molar-refractivity contribution is -0.145. The van der Waals surface area contributed by atoms with E-state index in [0.29, 0.717) is 0 Å². The summed E-state index contributed by atoms with van der Waals surface area (Å²) in [6.07, 6.45) is -0.600. The van der Waals surface area contributed by atoms with Gasteiger partial charge in [0.05, 0.1) is 19.6 Å². The highest BCUT2D eigenvalue weighted by atomic mass is 16.7. The van der Waals surface area contributed by atoms with E-state index >= 15 is 0 Å². The first-order valence-electron chi connectivity index (χ1n) is 6.24. The van der Waals surface area contributed by atoms with Gasteiger partial charge in [0.2, 0.25) is 0 Å². The van der Waals surface area contributed by atoms with Crippen LogP contribution in [0.2, 0.25) is 0 Å². The monoisotopic (exact) mass is 277 g/mol. The number of esters is 1. The molecular weight excluding hydrogens is 258 g/mol. The molecule has 0 bridgehead atoms. The zero-order chi connectivity index (χ0) is 15.0. The van der Waals surface area contributed by atoms with Crippen LogP contribution >= 0.6 is 0 Å². The lowest BCUT2D eigenvalue weighted by Gasteiger charge is -2.26. The number of nitrogens with zero attached hydrogens (tertiary/aromatic N) is 1. The van der Waals surface area contributed by atoms with Crippen molar-refractivity contribution in [3.05, 3.63) is 35.9 Å².